The first kappa shape index (κ1) is 36.9. The number of rotatable bonds is 6. The summed E-state index contributed by atoms with van der Waals surface area (Å²) in [6.07, 6.45) is 12.7. The van der Waals surface area contributed by atoms with Crippen LogP contribution in [0.1, 0.15) is 42.6 Å². The normalized spacial score (nSPS) is 13.3. The third kappa shape index (κ3) is 7.66. The summed E-state index contributed by atoms with van der Waals surface area (Å²) in [5.41, 5.74) is 10.8. The molecular weight excluding hydrogens is 891 g/mol. The molecule has 0 bridgehead atoms. The molecule has 0 N–H and O–H groups in total. The molecule has 269 valence electrons. The van der Waals surface area contributed by atoms with E-state index in [4.69, 9.17) is 14.4 Å². The van der Waals surface area contributed by atoms with E-state index in [1.807, 2.05) is 68.6 Å². The molecule has 1 aliphatic carbocycles. The Labute approximate surface area is 327 Å². The predicted octanol–water partition coefficient (Wildman–Crippen LogP) is 10.6. The minimum Gasteiger partial charge on any atom is 0 e. The van der Waals surface area contributed by atoms with E-state index in [1.54, 1.807) is 16.2 Å². The zero-order valence-electron chi connectivity index (χ0n) is 30.9. The molecule has 0 aliphatic heterocycles. The number of aromatic nitrogens is 5. The Morgan fingerprint density at radius 1 is 0.792 bits per heavy atom. The summed E-state index contributed by atoms with van der Waals surface area (Å²) < 4.78 is 9.95. The molecule has 3 aromatic carbocycles. The van der Waals surface area contributed by atoms with Gasteiger partial charge in [0.2, 0.25) is 0 Å². The SMILES string of the molecule is Cc1cc2nc(-c3[c-]ccc4c3oc3cnc(C)cc34)n(-c3ccccc3)c2cn1.[CH3][Ge]([CH3])([CH3])[c]1cnc(-c2[c-]cccc2)cc1CC1CCCC1.[Ir]. The molecule has 9 rings (SSSR count). The second-order valence-electron chi connectivity index (χ2n) is 15.0. The minimum atomic E-state index is -1.87. The topological polar surface area (TPSA) is 69.6 Å². The number of pyridine rings is 3. The van der Waals surface area contributed by atoms with Crippen molar-refractivity contribution < 1.29 is 24.5 Å². The molecule has 8 heteroatoms. The van der Waals surface area contributed by atoms with E-state index in [1.165, 1.54) is 32.1 Å². The number of hydrogen-bond donors (Lipinski definition) is 0. The van der Waals surface area contributed by atoms with Gasteiger partial charge < -0.3 is 8.98 Å². The Morgan fingerprint density at radius 2 is 1.55 bits per heavy atom. The molecule has 8 aromatic rings. The van der Waals surface area contributed by atoms with Crippen molar-refractivity contribution in [2.24, 2.45) is 5.92 Å². The molecule has 6 nitrogen and oxygen atoms in total. The van der Waals surface area contributed by atoms with Gasteiger partial charge in [-0.25, -0.2) is 0 Å². The van der Waals surface area contributed by atoms with E-state index in [0.29, 0.717) is 0 Å². The van der Waals surface area contributed by atoms with E-state index >= 15 is 0 Å². The summed E-state index contributed by atoms with van der Waals surface area (Å²) in [6, 6.07) is 35.4. The fourth-order valence-electron chi connectivity index (χ4n) is 7.57. The van der Waals surface area contributed by atoms with Crippen LogP contribution in [0.5, 0.6) is 0 Å². The molecule has 1 aliphatic rings. The second-order valence-corrected chi connectivity index (χ2v) is 25.6. The number of fused-ring (bicyclic) bond motifs is 4. The largest absolute Gasteiger partial charge is 0 e. The van der Waals surface area contributed by atoms with Gasteiger partial charge in [-0.15, -0.1) is 18.2 Å². The van der Waals surface area contributed by atoms with Crippen molar-refractivity contribution >= 4 is 50.6 Å². The number of aryl methyl sites for hydroxylation is 2. The van der Waals surface area contributed by atoms with Gasteiger partial charge in [0, 0.05) is 42.6 Å². The van der Waals surface area contributed by atoms with Crippen molar-refractivity contribution in [2.45, 2.75) is 63.2 Å². The molecule has 0 spiro atoms. The molecule has 1 saturated carbocycles. The first-order valence-corrected chi connectivity index (χ1v) is 25.6. The fraction of sp³-hybridized carbons (Fsp3) is 0.244. The van der Waals surface area contributed by atoms with Crippen LogP contribution >= 0.6 is 0 Å². The monoisotopic (exact) mass is 936 g/mol. The van der Waals surface area contributed by atoms with Crippen LogP contribution in [0.3, 0.4) is 0 Å². The van der Waals surface area contributed by atoms with Crippen molar-refractivity contribution in [2.75, 3.05) is 0 Å². The van der Waals surface area contributed by atoms with Gasteiger partial charge >= 0.3 is 137 Å². The smallest absolute Gasteiger partial charge is 0 e. The van der Waals surface area contributed by atoms with Gasteiger partial charge in [-0.2, -0.15) is 0 Å². The summed E-state index contributed by atoms with van der Waals surface area (Å²) in [6.45, 7) is 3.96. The van der Waals surface area contributed by atoms with Gasteiger partial charge in [0.05, 0.1) is 34.8 Å². The van der Waals surface area contributed by atoms with Gasteiger partial charge in [0.15, 0.2) is 0 Å². The zero-order valence-corrected chi connectivity index (χ0v) is 35.4. The summed E-state index contributed by atoms with van der Waals surface area (Å²) in [5, 5.41) is 2.08. The number of para-hydroxylation sites is 1. The Bertz CT molecular complexity index is 2510. The van der Waals surface area contributed by atoms with Gasteiger partial charge in [0.1, 0.15) is 5.58 Å². The van der Waals surface area contributed by atoms with Crippen molar-refractivity contribution in [3.05, 3.63) is 133 Å². The quantitative estimate of drug-likeness (QED) is 0.123. The van der Waals surface area contributed by atoms with Crippen molar-refractivity contribution in [1.82, 2.24) is 24.5 Å². The molecule has 5 aromatic heterocycles. The Balaban J connectivity index is 0.000000169. The standard InChI is InChI=1S/C25H17N4O.C20H26GeN.Ir/c1-15-11-20-18-9-6-10-19(24(18)30-23(20)14-27-15)25-28-21-12-16(2)26-13-22(21)29(25)17-7-4-3-5-8-17;1-21(2,3)19-15-22-20(17-11-5-4-6-12-17)14-18(19)13-16-9-7-8-10-16;/h3-9,11-14H,1-2H3;4-6,11,14-16H,7-10,13H2,1-3H3;/q2*-1;. The number of furan rings is 1. The summed E-state index contributed by atoms with van der Waals surface area (Å²) >= 11 is -1.87. The van der Waals surface area contributed by atoms with E-state index < -0.39 is 13.3 Å². The van der Waals surface area contributed by atoms with E-state index in [9.17, 15) is 0 Å². The third-order valence-electron chi connectivity index (χ3n) is 10.1. The molecular formula is C45H43GeIrN5O-2. The van der Waals surface area contributed by atoms with E-state index in [0.717, 1.165) is 78.6 Å². The van der Waals surface area contributed by atoms with Crippen LogP contribution in [0.15, 0.2) is 108 Å². The third-order valence-corrected chi connectivity index (χ3v) is 14.5. The summed E-state index contributed by atoms with van der Waals surface area (Å²) in [7, 11) is 0. The van der Waals surface area contributed by atoms with Gasteiger partial charge in [-0.05, 0) is 38.1 Å². The van der Waals surface area contributed by atoms with Crippen LogP contribution < -0.4 is 4.40 Å². The first-order chi connectivity index (χ1) is 25.2. The van der Waals surface area contributed by atoms with E-state index in [2.05, 4.69) is 86.5 Å². The zero-order chi connectivity index (χ0) is 35.8. The molecule has 0 unspecified atom stereocenters. The average Bonchev–Trinajstić information content (AvgIpc) is 3.89. The number of nitrogens with zero attached hydrogens (tertiary/aromatic N) is 5. The summed E-state index contributed by atoms with van der Waals surface area (Å²) in [5.74, 6) is 9.09. The van der Waals surface area contributed by atoms with Crippen LogP contribution in [0, 0.1) is 31.9 Å². The maximum absolute atomic E-state index is 6.24. The fourth-order valence-corrected chi connectivity index (χ4v) is 10.9. The Hall–Kier alpha value is -4.43. The van der Waals surface area contributed by atoms with Crippen LogP contribution in [0.25, 0.3) is 61.3 Å². The second kappa shape index (κ2) is 15.5. The maximum Gasteiger partial charge on any atom is 0 e. The van der Waals surface area contributed by atoms with Crippen LogP contribution in [-0.2, 0) is 26.5 Å². The Morgan fingerprint density at radius 3 is 2.30 bits per heavy atom. The number of hydrogen-bond acceptors (Lipinski definition) is 5. The molecule has 1 fully saturated rings. The molecule has 53 heavy (non-hydrogen) atoms. The Kier molecular flexibility index (Phi) is 10.8. The summed E-state index contributed by atoms with van der Waals surface area (Å²) in [4.78, 5) is 18.6. The van der Waals surface area contributed by atoms with Gasteiger partial charge in [0.25, 0.3) is 0 Å². The molecule has 0 saturated heterocycles. The van der Waals surface area contributed by atoms with Crippen LogP contribution in [0.2, 0.25) is 17.3 Å². The van der Waals surface area contributed by atoms with Crippen molar-refractivity contribution in [1.29, 1.82) is 0 Å². The van der Waals surface area contributed by atoms with Crippen LogP contribution in [-0.4, -0.2) is 37.8 Å². The predicted molar refractivity (Wildman–Crippen MR) is 215 cm³/mol. The van der Waals surface area contributed by atoms with E-state index in [-0.39, 0.29) is 20.1 Å². The van der Waals surface area contributed by atoms with Crippen molar-refractivity contribution in [3.63, 3.8) is 0 Å². The molecule has 0 atom stereocenters. The molecule has 5 heterocycles. The molecule has 1 radical (unpaired) electrons. The maximum atomic E-state index is 6.24. The average molecular weight is 935 g/mol. The number of benzene rings is 3. The molecule has 0 amide bonds. The van der Waals surface area contributed by atoms with Gasteiger partial charge in [-0.3, -0.25) is 15.0 Å². The van der Waals surface area contributed by atoms with Crippen molar-refractivity contribution in [3.8, 4) is 28.3 Å². The van der Waals surface area contributed by atoms with Gasteiger partial charge in [-0.1, -0.05) is 29.1 Å². The minimum absolute atomic E-state index is 0. The van der Waals surface area contributed by atoms with Crippen LogP contribution in [0.4, 0.5) is 0 Å². The number of imidazole rings is 1. The first-order valence-electron chi connectivity index (χ1n) is 18.3.